The third-order valence-electron chi connectivity index (χ3n) is 3.67. The maximum absolute atomic E-state index is 4.43. The number of nitrogens with one attached hydrogen (secondary N) is 1. The minimum absolute atomic E-state index is 0.529. The van der Waals surface area contributed by atoms with E-state index in [0.717, 1.165) is 16.9 Å². The van der Waals surface area contributed by atoms with Crippen molar-refractivity contribution in [2.24, 2.45) is 15.3 Å². The van der Waals surface area contributed by atoms with Crippen LogP contribution in [-0.2, 0) is 0 Å². The summed E-state index contributed by atoms with van der Waals surface area (Å²) in [5.74, 6) is 0.529. The first-order valence-corrected chi connectivity index (χ1v) is 8.15. The molecule has 25 heavy (non-hydrogen) atoms. The van der Waals surface area contributed by atoms with Crippen molar-refractivity contribution in [2.45, 2.75) is 13.8 Å². The van der Waals surface area contributed by atoms with Gasteiger partial charge in [0.15, 0.2) is 0 Å². The Morgan fingerprint density at radius 1 is 0.720 bits per heavy atom. The van der Waals surface area contributed by atoms with Gasteiger partial charge in [-0.2, -0.15) is 5.10 Å². The molecule has 3 aromatic rings. The summed E-state index contributed by atoms with van der Waals surface area (Å²) in [7, 11) is 0. The minimum Gasteiger partial charge on any atom is -0.276 e. The zero-order valence-corrected chi connectivity index (χ0v) is 14.3. The third kappa shape index (κ3) is 4.85. The Labute approximate surface area is 148 Å². The Bertz CT molecular complexity index is 864. The largest absolute Gasteiger partial charge is 0.276 e. The Kier molecular flexibility index (Phi) is 5.32. The predicted molar refractivity (Wildman–Crippen MR) is 103 cm³/mol. The summed E-state index contributed by atoms with van der Waals surface area (Å²) < 4.78 is 0. The smallest absolute Gasteiger partial charge is 0.201 e. The molecule has 3 aromatic carbocycles. The van der Waals surface area contributed by atoms with E-state index < -0.39 is 0 Å². The van der Waals surface area contributed by atoms with Gasteiger partial charge in [0.25, 0.3) is 0 Å². The molecule has 0 aliphatic rings. The monoisotopic (exact) mass is 328 g/mol. The fourth-order valence-electron chi connectivity index (χ4n) is 2.19. The number of rotatable bonds is 4. The highest BCUT2D eigenvalue weighted by molar-refractivity contribution is 5.99. The summed E-state index contributed by atoms with van der Waals surface area (Å²) in [6.07, 6.45) is 0. The first kappa shape index (κ1) is 16.6. The standard InChI is InChI=1S/C21H20N4/c1-16-8-12-19(13-9-16)22-24-21(18-6-4-3-5-7-18)25-23-20-14-10-17(2)11-15-20/h3-15,22H,1-2H3. The molecule has 4 heteroatoms. The van der Waals surface area contributed by atoms with Gasteiger partial charge >= 0.3 is 0 Å². The van der Waals surface area contributed by atoms with E-state index in [1.807, 2.05) is 85.8 Å². The number of hydrogen-bond acceptors (Lipinski definition) is 3. The van der Waals surface area contributed by atoms with Crippen molar-refractivity contribution in [1.29, 1.82) is 0 Å². The minimum atomic E-state index is 0.529. The second-order valence-corrected chi connectivity index (χ2v) is 5.81. The highest BCUT2D eigenvalue weighted by Gasteiger charge is 2.02. The van der Waals surface area contributed by atoms with Crippen LogP contribution in [0.5, 0.6) is 0 Å². The van der Waals surface area contributed by atoms with E-state index >= 15 is 0 Å². The Morgan fingerprint density at radius 3 is 1.96 bits per heavy atom. The van der Waals surface area contributed by atoms with Crippen molar-refractivity contribution < 1.29 is 0 Å². The maximum atomic E-state index is 4.43. The summed E-state index contributed by atoms with van der Waals surface area (Å²) in [5.41, 5.74) is 8.05. The van der Waals surface area contributed by atoms with Gasteiger partial charge < -0.3 is 0 Å². The molecule has 0 unspecified atom stereocenters. The summed E-state index contributed by atoms with van der Waals surface area (Å²) in [5, 5.41) is 13.1. The van der Waals surface area contributed by atoms with Crippen LogP contribution in [0.15, 0.2) is 94.2 Å². The number of anilines is 1. The number of aryl methyl sites for hydroxylation is 2. The molecule has 4 nitrogen and oxygen atoms in total. The average Bonchev–Trinajstić information content (AvgIpc) is 2.65. The van der Waals surface area contributed by atoms with Crippen LogP contribution in [0, 0.1) is 13.8 Å². The van der Waals surface area contributed by atoms with E-state index in [0.29, 0.717) is 5.84 Å². The molecule has 0 radical (unpaired) electrons. The van der Waals surface area contributed by atoms with Crippen LogP contribution < -0.4 is 5.43 Å². The van der Waals surface area contributed by atoms with Crippen molar-refractivity contribution in [3.63, 3.8) is 0 Å². The number of benzene rings is 3. The second-order valence-electron chi connectivity index (χ2n) is 5.81. The number of hydrogen-bond donors (Lipinski definition) is 1. The fourth-order valence-corrected chi connectivity index (χ4v) is 2.19. The molecule has 0 fully saturated rings. The van der Waals surface area contributed by atoms with Crippen molar-refractivity contribution in [1.82, 2.24) is 0 Å². The van der Waals surface area contributed by atoms with Gasteiger partial charge in [0.2, 0.25) is 5.84 Å². The molecule has 1 N–H and O–H groups in total. The fraction of sp³-hybridized carbons (Fsp3) is 0.0952. The number of hydrazone groups is 1. The zero-order chi connectivity index (χ0) is 17.5. The van der Waals surface area contributed by atoms with E-state index in [4.69, 9.17) is 0 Å². The average molecular weight is 328 g/mol. The number of nitrogens with zero attached hydrogens (tertiary/aromatic N) is 3. The van der Waals surface area contributed by atoms with E-state index in [1.165, 1.54) is 11.1 Å². The highest BCUT2D eigenvalue weighted by atomic mass is 15.3. The molecule has 0 atom stereocenters. The molecule has 3 rings (SSSR count). The maximum Gasteiger partial charge on any atom is 0.201 e. The van der Waals surface area contributed by atoms with Crippen LogP contribution in [0.4, 0.5) is 11.4 Å². The Balaban J connectivity index is 1.85. The molecule has 0 bridgehead atoms. The lowest BCUT2D eigenvalue weighted by Gasteiger charge is -2.04. The molecular weight excluding hydrogens is 308 g/mol. The van der Waals surface area contributed by atoms with Crippen molar-refractivity contribution in [3.05, 3.63) is 95.6 Å². The molecule has 124 valence electrons. The van der Waals surface area contributed by atoms with Crippen LogP contribution in [0.25, 0.3) is 0 Å². The highest BCUT2D eigenvalue weighted by Crippen LogP contribution is 2.15. The van der Waals surface area contributed by atoms with Crippen LogP contribution in [0.2, 0.25) is 0 Å². The van der Waals surface area contributed by atoms with Gasteiger partial charge in [-0.15, -0.1) is 10.2 Å². The summed E-state index contributed by atoms with van der Waals surface area (Å²) in [6, 6.07) is 25.7. The lowest BCUT2D eigenvalue weighted by molar-refractivity contribution is 1.22. The van der Waals surface area contributed by atoms with Crippen LogP contribution in [0.3, 0.4) is 0 Å². The molecule has 0 aliphatic carbocycles. The Morgan fingerprint density at radius 2 is 1.32 bits per heavy atom. The summed E-state index contributed by atoms with van der Waals surface area (Å²) >= 11 is 0. The SMILES string of the molecule is Cc1ccc(N=NC(=NNc2ccc(C)cc2)c2ccccc2)cc1. The summed E-state index contributed by atoms with van der Waals surface area (Å²) in [6.45, 7) is 4.10. The van der Waals surface area contributed by atoms with Crippen LogP contribution >= 0.6 is 0 Å². The van der Waals surface area contributed by atoms with E-state index in [2.05, 4.69) is 27.7 Å². The topological polar surface area (TPSA) is 49.1 Å². The quantitative estimate of drug-likeness (QED) is 0.277. The summed E-state index contributed by atoms with van der Waals surface area (Å²) in [4.78, 5) is 0. The number of azo groups is 1. The van der Waals surface area contributed by atoms with Crippen molar-refractivity contribution >= 4 is 17.2 Å². The van der Waals surface area contributed by atoms with Crippen molar-refractivity contribution in [2.75, 3.05) is 5.43 Å². The Hall–Kier alpha value is -3.27. The first-order valence-electron chi connectivity index (χ1n) is 8.15. The van der Waals surface area contributed by atoms with Crippen molar-refractivity contribution in [3.8, 4) is 0 Å². The molecule has 0 aliphatic heterocycles. The van der Waals surface area contributed by atoms with E-state index in [-0.39, 0.29) is 0 Å². The number of amidine groups is 1. The van der Waals surface area contributed by atoms with E-state index in [1.54, 1.807) is 0 Å². The van der Waals surface area contributed by atoms with E-state index in [9.17, 15) is 0 Å². The molecule has 0 heterocycles. The predicted octanol–water partition coefficient (Wildman–Crippen LogP) is 5.86. The van der Waals surface area contributed by atoms with Crippen LogP contribution in [0.1, 0.15) is 16.7 Å². The lowest BCUT2D eigenvalue weighted by Crippen LogP contribution is -2.01. The van der Waals surface area contributed by atoms with Gasteiger partial charge in [-0.3, -0.25) is 5.43 Å². The molecule has 0 saturated carbocycles. The van der Waals surface area contributed by atoms with Gasteiger partial charge in [-0.05, 0) is 38.1 Å². The normalized spacial score (nSPS) is 11.7. The third-order valence-corrected chi connectivity index (χ3v) is 3.67. The van der Waals surface area contributed by atoms with Gasteiger partial charge in [0.05, 0.1) is 11.4 Å². The van der Waals surface area contributed by atoms with Gasteiger partial charge in [-0.25, -0.2) is 0 Å². The van der Waals surface area contributed by atoms with Crippen LogP contribution in [-0.4, -0.2) is 5.84 Å². The molecule has 0 aromatic heterocycles. The molecule has 0 spiro atoms. The van der Waals surface area contributed by atoms with Gasteiger partial charge in [-0.1, -0.05) is 65.7 Å². The molecule has 0 saturated heterocycles. The van der Waals surface area contributed by atoms with Gasteiger partial charge in [0.1, 0.15) is 0 Å². The molecular formula is C21H20N4. The molecule has 0 amide bonds. The second kappa shape index (κ2) is 8.02. The lowest BCUT2D eigenvalue weighted by atomic mass is 10.2. The zero-order valence-electron chi connectivity index (χ0n) is 14.3. The van der Waals surface area contributed by atoms with Gasteiger partial charge in [0, 0.05) is 5.56 Å². The first-order chi connectivity index (χ1) is 12.2.